The summed E-state index contributed by atoms with van der Waals surface area (Å²) in [6, 6.07) is 18.1. The van der Waals surface area contributed by atoms with Gasteiger partial charge >= 0.3 is 0 Å². The van der Waals surface area contributed by atoms with Gasteiger partial charge in [0.1, 0.15) is 0 Å². The highest BCUT2D eigenvalue weighted by molar-refractivity contribution is 8.04. The third kappa shape index (κ3) is 6.75. The summed E-state index contributed by atoms with van der Waals surface area (Å²) < 4.78 is 0. The summed E-state index contributed by atoms with van der Waals surface area (Å²) in [5, 5.41) is 5.74. The third-order valence-electron chi connectivity index (χ3n) is 4.87. The zero-order chi connectivity index (χ0) is 21.2. The van der Waals surface area contributed by atoms with Crippen molar-refractivity contribution in [1.82, 2.24) is 10.2 Å². The first-order chi connectivity index (χ1) is 14.7. The molecule has 0 aliphatic carbocycles. The molecule has 6 heteroatoms. The number of fused-ring (bicyclic) bond motifs is 1. The molecule has 1 aliphatic rings. The Bertz CT molecular complexity index is 883. The van der Waals surface area contributed by atoms with Crippen molar-refractivity contribution in [3.63, 3.8) is 0 Å². The van der Waals surface area contributed by atoms with Crippen LogP contribution in [-0.2, 0) is 16.1 Å². The fraction of sp³-hybridized carbons (Fsp3) is 0.333. The molecule has 0 unspecified atom stereocenters. The molecular formula is C24H29N3O2S. The lowest BCUT2D eigenvalue weighted by Crippen LogP contribution is -2.30. The van der Waals surface area contributed by atoms with Crippen molar-refractivity contribution in [2.24, 2.45) is 0 Å². The number of nitrogens with zero attached hydrogens (tertiary/aromatic N) is 1. The van der Waals surface area contributed by atoms with E-state index in [0.29, 0.717) is 11.4 Å². The number of carbonyl (C=O) groups is 2. The van der Waals surface area contributed by atoms with E-state index in [0.717, 1.165) is 36.6 Å². The number of unbranched alkanes of at least 4 members (excludes halogenated alkanes) is 1. The molecule has 0 bridgehead atoms. The number of benzene rings is 2. The summed E-state index contributed by atoms with van der Waals surface area (Å²) in [5.41, 5.74) is 2.10. The van der Waals surface area contributed by atoms with Crippen molar-refractivity contribution in [1.29, 1.82) is 0 Å². The van der Waals surface area contributed by atoms with E-state index in [2.05, 4.69) is 46.7 Å². The lowest BCUT2D eigenvalue weighted by Gasteiger charge is -2.22. The smallest absolute Gasteiger partial charge is 0.262 e. The van der Waals surface area contributed by atoms with Crippen molar-refractivity contribution in [3.05, 3.63) is 71.1 Å². The average Bonchev–Trinajstić information content (AvgIpc) is 2.76. The van der Waals surface area contributed by atoms with Gasteiger partial charge in [0.15, 0.2) is 0 Å². The van der Waals surface area contributed by atoms with Crippen molar-refractivity contribution in [2.45, 2.75) is 37.6 Å². The molecule has 2 aromatic rings. The van der Waals surface area contributed by atoms with E-state index in [1.54, 1.807) is 0 Å². The minimum Gasteiger partial charge on any atom is -0.352 e. The van der Waals surface area contributed by atoms with E-state index >= 15 is 0 Å². The van der Waals surface area contributed by atoms with Gasteiger partial charge in [-0.15, -0.1) is 0 Å². The predicted molar refractivity (Wildman–Crippen MR) is 123 cm³/mol. The largest absolute Gasteiger partial charge is 0.352 e. The van der Waals surface area contributed by atoms with Crippen LogP contribution in [0.1, 0.15) is 31.7 Å². The van der Waals surface area contributed by atoms with Crippen LogP contribution in [-0.4, -0.2) is 36.3 Å². The number of anilines is 1. The van der Waals surface area contributed by atoms with Crippen molar-refractivity contribution >= 4 is 29.3 Å². The third-order valence-corrected chi connectivity index (χ3v) is 5.97. The molecule has 0 saturated heterocycles. The van der Waals surface area contributed by atoms with Crippen LogP contribution in [0.25, 0.3) is 0 Å². The van der Waals surface area contributed by atoms with Gasteiger partial charge in [-0.3, -0.25) is 14.5 Å². The monoisotopic (exact) mass is 423 g/mol. The minimum absolute atomic E-state index is 0.227. The summed E-state index contributed by atoms with van der Waals surface area (Å²) in [5.74, 6) is -0.461. The number of carbonyl (C=O) groups excluding carboxylic acids is 2. The Morgan fingerprint density at radius 2 is 1.80 bits per heavy atom. The molecule has 3 rings (SSSR count). The highest BCUT2D eigenvalue weighted by Gasteiger charge is 2.21. The Labute approximate surface area is 182 Å². The Morgan fingerprint density at radius 3 is 2.60 bits per heavy atom. The number of hydrogen-bond donors (Lipinski definition) is 2. The maximum atomic E-state index is 12.3. The zero-order valence-corrected chi connectivity index (χ0v) is 18.2. The average molecular weight is 424 g/mol. The molecule has 158 valence electrons. The number of rotatable bonds is 10. The van der Waals surface area contributed by atoms with Gasteiger partial charge in [0, 0.05) is 30.6 Å². The first-order valence-corrected chi connectivity index (χ1v) is 11.3. The molecule has 0 saturated carbocycles. The highest BCUT2D eigenvalue weighted by Crippen LogP contribution is 2.37. The SMILES string of the molecule is CCCCN(CCCNC(=O)/C=C1\Sc2ccccc2NC1=O)Cc1ccccc1. The first kappa shape index (κ1) is 22.1. The van der Waals surface area contributed by atoms with Crippen LogP contribution in [0.5, 0.6) is 0 Å². The van der Waals surface area contributed by atoms with E-state index < -0.39 is 0 Å². The number of amides is 2. The van der Waals surface area contributed by atoms with Crippen molar-refractivity contribution in [2.75, 3.05) is 25.0 Å². The molecule has 1 heterocycles. The van der Waals surface area contributed by atoms with Gasteiger partial charge in [-0.1, -0.05) is 67.6 Å². The van der Waals surface area contributed by atoms with Crippen LogP contribution in [0, 0.1) is 0 Å². The van der Waals surface area contributed by atoms with E-state index in [9.17, 15) is 9.59 Å². The van der Waals surface area contributed by atoms with Gasteiger partial charge in [0.2, 0.25) is 5.91 Å². The van der Waals surface area contributed by atoms with Gasteiger partial charge in [0.05, 0.1) is 10.6 Å². The Morgan fingerprint density at radius 1 is 1.07 bits per heavy atom. The second kappa shape index (κ2) is 11.6. The topological polar surface area (TPSA) is 61.4 Å². The van der Waals surface area contributed by atoms with Crippen molar-refractivity contribution in [3.8, 4) is 0 Å². The number of nitrogens with one attached hydrogen (secondary N) is 2. The van der Waals surface area contributed by atoms with Crippen LogP contribution in [0.3, 0.4) is 0 Å². The summed E-state index contributed by atoms with van der Waals surface area (Å²) >= 11 is 1.33. The maximum absolute atomic E-state index is 12.3. The van der Waals surface area contributed by atoms with Crippen LogP contribution >= 0.6 is 11.8 Å². The Hall–Kier alpha value is -2.57. The fourth-order valence-electron chi connectivity index (χ4n) is 3.28. The summed E-state index contributed by atoms with van der Waals surface area (Å²) in [6.45, 7) is 5.69. The standard InChI is InChI=1S/C24H29N3O2S/c1-2-3-15-27(18-19-10-5-4-6-11-19)16-9-14-25-23(28)17-22-24(29)26-20-12-7-8-13-21(20)30-22/h4-8,10-13,17H,2-3,9,14-16,18H2,1H3,(H,25,28)(H,26,29)/b22-17-. The number of hydrogen-bond acceptors (Lipinski definition) is 4. The number of para-hydroxylation sites is 1. The second-order valence-corrected chi connectivity index (χ2v) is 8.40. The summed E-state index contributed by atoms with van der Waals surface area (Å²) in [4.78, 5) is 28.3. The quantitative estimate of drug-likeness (QED) is 0.439. The highest BCUT2D eigenvalue weighted by atomic mass is 32.2. The van der Waals surface area contributed by atoms with Gasteiger partial charge in [0.25, 0.3) is 5.91 Å². The van der Waals surface area contributed by atoms with E-state index in [1.165, 1.54) is 36.2 Å². The van der Waals surface area contributed by atoms with Crippen molar-refractivity contribution < 1.29 is 9.59 Å². The molecule has 1 aliphatic heterocycles. The normalized spacial score (nSPS) is 14.5. The molecule has 2 amide bonds. The van der Waals surface area contributed by atoms with Gasteiger partial charge in [-0.2, -0.15) is 0 Å². The van der Waals surface area contributed by atoms with Crippen LogP contribution < -0.4 is 10.6 Å². The van der Waals surface area contributed by atoms with Crippen LogP contribution in [0.2, 0.25) is 0 Å². The first-order valence-electron chi connectivity index (χ1n) is 10.5. The van der Waals surface area contributed by atoms with Gasteiger partial charge in [-0.25, -0.2) is 0 Å². The fourth-order valence-corrected chi connectivity index (χ4v) is 4.20. The van der Waals surface area contributed by atoms with Crippen LogP contribution in [0.15, 0.2) is 70.5 Å². The lowest BCUT2D eigenvalue weighted by atomic mass is 10.2. The lowest BCUT2D eigenvalue weighted by molar-refractivity contribution is -0.117. The molecule has 2 aromatic carbocycles. The molecule has 0 fully saturated rings. The van der Waals surface area contributed by atoms with E-state index in [4.69, 9.17) is 0 Å². The summed E-state index contributed by atoms with van der Waals surface area (Å²) in [7, 11) is 0. The predicted octanol–water partition coefficient (Wildman–Crippen LogP) is 4.42. The number of thioether (sulfide) groups is 1. The maximum Gasteiger partial charge on any atom is 0.262 e. The van der Waals surface area contributed by atoms with Gasteiger partial charge in [-0.05, 0) is 37.1 Å². The molecule has 5 nitrogen and oxygen atoms in total. The Balaban J connectivity index is 1.46. The molecule has 30 heavy (non-hydrogen) atoms. The molecular weight excluding hydrogens is 394 g/mol. The Kier molecular flexibility index (Phi) is 8.53. The summed E-state index contributed by atoms with van der Waals surface area (Å²) in [6.07, 6.45) is 4.60. The minimum atomic E-state index is -0.234. The molecule has 0 aromatic heterocycles. The van der Waals surface area contributed by atoms with Gasteiger partial charge < -0.3 is 10.6 Å². The van der Waals surface area contributed by atoms with Crippen LogP contribution in [0.4, 0.5) is 5.69 Å². The molecule has 0 spiro atoms. The van der Waals surface area contributed by atoms with E-state index in [-0.39, 0.29) is 11.8 Å². The molecule has 0 radical (unpaired) electrons. The second-order valence-electron chi connectivity index (χ2n) is 7.32. The molecule has 0 atom stereocenters. The zero-order valence-electron chi connectivity index (χ0n) is 17.4. The van der Waals surface area contributed by atoms with E-state index in [1.807, 2.05) is 30.3 Å². The molecule has 2 N–H and O–H groups in total.